The van der Waals surface area contributed by atoms with Crippen LogP contribution in [0.1, 0.15) is 21.9 Å². The molecule has 0 bridgehead atoms. The van der Waals surface area contributed by atoms with E-state index in [0.717, 1.165) is 5.69 Å². The van der Waals surface area contributed by atoms with E-state index >= 15 is 0 Å². The van der Waals surface area contributed by atoms with Crippen LogP contribution in [0, 0.1) is 6.92 Å². The van der Waals surface area contributed by atoms with E-state index in [0.29, 0.717) is 17.9 Å². The van der Waals surface area contributed by atoms with E-state index in [9.17, 15) is 9.59 Å². The number of hydrogen-bond acceptors (Lipinski definition) is 4. The number of carbonyl (C=O) groups is 1. The highest BCUT2D eigenvalue weighted by Crippen LogP contribution is 1.97. The van der Waals surface area contributed by atoms with E-state index in [1.165, 1.54) is 18.3 Å². The third-order valence-corrected chi connectivity index (χ3v) is 2.31. The molecule has 0 saturated carbocycles. The van der Waals surface area contributed by atoms with E-state index in [-0.39, 0.29) is 11.5 Å². The maximum atomic E-state index is 11.7. The third-order valence-electron chi connectivity index (χ3n) is 2.31. The summed E-state index contributed by atoms with van der Waals surface area (Å²) < 4.78 is 0. The molecule has 0 atom stereocenters. The first-order chi connectivity index (χ1) is 8.65. The number of pyridine rings is 1. The number of rotatable bonds is 3. The fourth-order valence-corrected chi connectivity index (χ4v) is 1.43. The van der Waals surface area contributed by atoms with E-state index < -0.39 is 0 Å². The standard InChI is InChI=1S/C12H12N4O2/c1-8-13-5-4-10(16-8)7-15-12(18)9-2-3-11(17)14-6-9/h2-6H,7H2,1H3,(H,14,17)(H,15,18). The molecule has 2 aromatic heterocycles. The van der Waals surface area contributed by atoms with Crippen LogP contribution in [0.3, 0.4) is 0 Å². The molecule has 18 heavy (non-hydrogen) atoms. The summed E-state index contributed by atoms with van der Waals surface area (Å²) in [5.41, 5.74) is 0.902. The second-order valence-electron chi connectivity index (χ2n) is 3.72. The Kier molecular flexibility index (Phi) is 3.47. The smallest absolute Gasteiger partial charge is 0.253 e. The topological polar surface area (TPSA) is 87.7 Å². The number of amides is 1. The van der Waals surface area contributed by atoms with Crippen LogP contribution in [0.2, 0.25) is 0 Å². The molecule has 0 fully saturated rings. The van der Waals surface area contributed by atoms with E-state index in [4.69, 9.17) is 0 Å². The normalized spacial score (nSPS) is 10.1. The van der Waals surface area contributed by atoms with E-state index in [1.54, 1.807) is 19.2 Å². The van der Waals surface area contributed by atoms with Crippen LogP contribution in [0.5, 0.6) is 0 Å². The fraction of sp³-hybridized carbons (Fsp3) is 0.167. The number of aromatic nitrogens is 3. The van der Waals surface area contributed by atoms with Crippen molar-refractivity contribution in [2.45, 2.75) is 13.5 Å². The van der Waals surface area contributed by atoms with Gasteiger partial charge in [0.15, 0.2) is 0 Å². The fourth-order valence-electron chi connectivity index (χ4n) is 1.43. The van der Waals surface area contributed by atoms with Crippen LogP contribution in [0.4, 0.5) is 0 Å². The molecule has 6 heteroatoms. The van der Waals surface area contributed by atoms with Gasteiger partial charge >= 0.3 is 0 Å². The van der Waals surface area contributed by atoms with E-state index in [2.05, 4.69) is 20.3 Å². The summed E-state index contributed by atoms with van der Waals surface area (Å²) in [5.74, 6) is 0.397. The van der Waals surface area contributed by atoms with Gasteiger partial charge in [0.1, 0.15) is 5.82 Å². The summed E-state index contributed by atoms with van der Waals surface area (Å²) in [5, 5.41) is 2.71. The van der Waals surface area contributed by atoms with Gasteiger partial charge in [-0.05, 0) is 19.1 Å². The molecule has 0 radical (unpaired) electrons. The third kappa shape index (κ3) is 3.00. The largest absolute Gasteiger partial charge is 0.346 e. The second-order valence-corrected chi connectivity index (χ2v) is 3.72. The quantitative estimate of drug-likeness (QED) is 0.818. The molecule has 1 amide bonds. The minimum Gasteiger partial charge on any atom is -0.346 e. The van der Waals surface area contributed by atoms with Crippen molar-refractivity contribution in [3.8, 4) is 0 Å². The molecule has 0 aliphatic rings. The molecular weight excluding hydrogens is 232 g/mol. The Bertz CT molecular complexity index is 601. The van der Waals surface area contributed by atoms with Gasteiger partial charge in [-0.15, -0.1) is 0 Å². The van der Waals surface area contributed by atoms with Gasteiger partial charge in [-0.3, -0.25) is 9.59 Å². The molecule has 0 aromatic carbocycles. The summed E-state index contributed by atoms with van der Waals surface area (Å²) in [7, 11) is 0. The monoisotopic (exact) mass is 244 g/mol. The number of hydrogen-bond donors (Lipinski definition) is 2. The maximum Gasteiger partial charge on any atom is 0.253 e. The van der Waals surface area contributed by atoms with Crippen LogP contribution in [-0.2, 0) is 6.54 Å². The molecule has 2 N–H and O–H groups in total. The number of carbonyl (C=O) groups excluding carboxylic acids is 1. The summed E-state index contributed by atoms with van der Waals surface area (Å²) >= 11 is 0. The van der Waals surface area contributed by atoms with Crippen molar-refractivity contribution in [1.29, 1.82) is 0 Å². The lowest BCUT2D eigenvalue weighted by Gasteiger charge is -2.04. The minimum absolute atomic E-state index is 0.238. The van der Waals surface area contributed by atoms with Crippen LogP contribution in [0.15, 0.2) is 35.4 Å². The summed E-state index contributed by atoms with van der Waals surface area (Å²) in [6.45, 7) is 2.11. The SMILES string of the molecule is Cc1nccc(CNC(=O)c2ccc(=O)[nH]c2)n1. The predicted octanol–water partition coefficient (Wildman–Crippen LogP) is 0.403. The summed E-state index contributed by atoms with van der Waals surface area (Å²) in [4.78, 5) is 33.2. The van der Waals surface area contributed by atoms with Crippen LogP contribution in [-0.4, -0.2) is 20.9 Å². The molecule has 0 aliphatic heterocycles. The number of H-pyrrole nitrogens is 1. The Balaban J connectivity index is 2.00. The molecule has 0 aliphatic carbocycles. The maximum absolute atomic E-state index is 11.7. The lowest BCUT2D eigenvalue weighted by molar-refractivity contribution is 0.0950. The van der Waals surface area contributed by atoms with Gasteiger partial charge in [-0.2, -0.15) is 0 Å². The van der Waals surface area contributed by atoms with Crippen molar-refractivity contribution in [1.82, 2.24) is 20.3 Å². The van der Waals surface area contributed by atoms with Crippen molar-refractivity contribution in [2.24, 2.45) is 0 Å². The molecular formula is C12H12N4O2. The lowest BCUT2D eigenvalue weighted by Crippen LogP contribution is -2.24. The molecule has 2 heterocycles. The zero-order valence-corrected chi connectivity index (χ0v) is 9.80. The summed E-state index contributed by atoms with van der Waals surface area (Å²) in [6, 6.07) is 4.52. The van der Waals surface area contributed by atoms with Gasteiger partial charge in [0, 0.05) is 18.5 Å². The Morgan fingerprint density at radius 3 is 2.89 bits per heavy atom. The van der Waals surface area contributed by atoms with Crippen molar-refractivity contribution in [3.63, 3.8) is 0 Å². The number of nitrogens with zero attached hydrogens (tertiary/aromatic N) is 2. The van der Waals surface area contributed by atoms with Gasteiger partial charge in [0.2, 0.25) is 5.56 Å². The van der Waals surface area contributed by atoms with E-state index in [1.807, 2.05) is 0 Å². The highest BCUT2D eigenvalue weighted by molar-refractivity contribution is 5.93. The Morgan fingerprint density at radius 1 is 1.39 bits per heavy atom. The molecule has 0 unspecified atom stereocenters. The highest BCUT2D eigenvalue weighted by Gasteiger charge is 2.05. The van der Waals surface area contributed by atoms with Crippen molar-refractivity contribution in [3.05, 3.63) is 58.0 Å². The molecule has 0 spiro atoms. The van der Waals surface area contributed by atoms with Gasteiger partial charge in [-0.25, -0.2) is 9.97 Å². The first kappa shape index (κ1) is 12.0. The zero-order valence-electron chi connectivity index (χ0n) is 9.80. The number of aromatic amines is 1. The lowest BCUT2D eigenvalue weighted by atomic mass is 10.2. The van der Waals surface area contributed by atoms with Crippen molar-refractivity contribution in [2.75, 3.05) is 0 Å². The van der Waals surface area contributed by atoms with Crippen LogP contribution < -0.4 is 10.9 Å². The van der Waals surface area contributed by atoms with Crippen LogP contribution >= 0.6 is 0 Å². The zero-order chi connectivity index (χ0) is 13.0. The predicted molar refractivity (Wildman–Crippen MR) is 65.0 cm³/mol. The Morgan fingerprint density at radius 2 is 2.22 bits per heavy atom. The second kappa shape index (κ2) is 5.22. The number of aryl methyl sites for hydroxylation is 1. The van der Waals surface area contributed by atoms with Gasteiger partial charge in [0.05, 0.1) is 17.8 Å². The van der Waals surface area contributed by atoms with Crippen molar-refractivity contribution >= 4 is 5.91 Å². The molecule has 6 nitrogen and oxygen atoms in total. The Labute approximate surface area is 103 Å². The van der Waals surface area contributed by atoms with Gasteiger partial charge in [0.25, 0.3) is 5.91 Å². The average Bonchev–Trinajstić information content (AvgIpc) is 2.37. The van der Waals surface area contributed by atoms with Crippen LogP contribution in [0.25, 0.3) is 0 Å². The molecule has 92 valence electrons. The minimum atomic E-state index is -0.262. The summed E-state index contributed by atoms with van der Waals surface area (Å²) in [6.07, 6.45) is 3.02. The number of nitrogens with one attached hydrogen (secondary N) is 2. The van der Waals surface area contributed by atoms with Gasteiger partial charge in [-0.1, -0.05) is 0 Å². The van der Waals surface area contributed by atoms with Gasteiger partial charge < -0.3 is 10.3 Å². The molecule has 2 rings (SSSR count). The molecule has 0 saturated heterocycles. The first-order valence-corrected chi connectivity index (χ1v) is 5.40. The Hall–Kier alpha value is -2.50. The highest BCUT2D eigenvalue weighted by atomic mass is 16.1. The average molecular weight is 244 g/mol. The molecule has 2 aromatic rings. The van der Waals surface area contributed by atoms with Crippen molar-refractivity contribution < 1.29 is 4.79 Å². The first-order valence-electron chi connectivity index (χ1n) is 5.40.